The van der Waals surface area contributed by atoms with E-state index in [0.29, 0.717) is 19.4 Å². The number of aliphatic carboxylic acids is 1. The molecule has 112 valence electrons. The van der Waals surface area contributed by atoms with Gasteiger partial charge < -0.3 is 10.4 Å². The molecule has 1 aliphatic rings. The van der Waals surface area contributed by atoms with Crippen LogP contribution in [0.2, 0.25) is 0 Å². The van der Waals surface area contributed by atoms with Crippen LogP contribution in [-0.2, 0) is 16.0 Å². The van der Waals surface area contributed by atoms with Gasteiger partial charge in [0.15, 0.2) is 0 Å². The van der Waals surface area contributed by atoms with Gasteiger partial charge in [0, 0.05) is 13.0 Å². The summed E-state index contributed by atoms with van der Waals surface area (Å²) >= 11 is 0. The van der Waals surface area contributed by atoms with Gasteiger partial charge in [0.2, 0.25) is 5.91 Å². The monoisotopic (exact) mass is 291 g/mol. The first-order valence-electron chi connectivity index (χ1n) is 6.79. The van der Waals surface area contributed by atoms with E-state index in [0.717, 1.165) is 10.6 Å². The number of carbonyl (C=O) groups excluding carboxylic acids is 1. The standard InChI is InChI=1S/C14H17N3O4/c18-13(12-7-4-8-17(12)16-21)15-11(14(19)20)9-10-5-2-1-3-6-10/h1-3,5-6,11-12H,4,7-9H2,(H,15,18)(H,19,20)/t11-,12-/m0/s1. The first-order chi connectivity index (χ1) is 10.1. The molecule has 2 rings (SSSR count). The molecular formula is C14H17N3O4. The highest BCUT2D eigenvalue weighted by atomic mass is 16.4. The molecule has 2 atom stereocenters. The predicted octanol–water partition coefficient (Wildman–Crippen LogP) is 0.944. The van der Waals surface area contributed by atoms with Gasteiger partial charge in [0.05, 0.1) is 5.29 Å². The van der Waals surface area contributed by atoms with Gasteiger partial charge in [0.25, 0.3) is 0 Å². The topological polar surface area (TPSA) is 99.1 Å². The summed E-state index contributed by atoms with van der Waals surface area (Å²) in [5.74, 6) is -1.56. The van der Waals surface area contributed by atoms with Crippen LogP contribution in [0, 0.1) is 4.91 Å². The fourth-order valence-electron chi connectivity index (χ4n) is 2.43. The predicted molar refractivity (Wildman–Crippen MR) is 75.2 cm³/mol. The molecule has 1 aromatic rings. The Balaban J connectivity index is 2.01. The van der Waals surface area contributed by atoms with Crippen molar-refractivity contribution in [1.82, 2.24) is 10.3 Å². The number of rotatable bonds is 6. The zero-order chi connectivity index (χ0) is 15.2. The zero-order valence-corrected chi connectivity index (χ0v) is 11.4. The van der Waals surface area contributed by atoms with E-state index in [1.54, 1.807) is 12.1 Å². The third-order valence-electron chi connectivity index (χ3n) is 3.53. The number of carbonyl (C=O) groups is 2. The van der Waals surface area contributed by atoms with Gasteiger partial charge in [-0.15, -0.1) is 4.91 Å². The molecule has 1 fully saturated rings. The van der Waals surface area contributed by atoms with E-state index in [-0.39, 0.29) is 6.42 Å². The normalized spacial score (nSPS) is 19.0. The summed E-state index contributed by atoms with van der Waals surface area (Å²) in [5.41, 5.74) is 0.821. The van der Waals surface area contributed by atoms with E-state index in [1.807, 2.05) is 18.2 Å². The lowest BCUT2D eigenvalue weighted by Crippen LogP contribution is -2.49. The molecule has 7 nitrogen and oxygen atoms in total. The Morgan fingerprint density at radius 1 is 1.38 bits per heavy atom. The molecule has 1 amide bonds. The molecule has 2 N–H and O–H groups in total. The average Bonchev–Trinajstić information content (AvgIpc) is 2.96. The van der Waals surface area contributed by atoms with Crippen molar-refractivity contribution in [2.45, 2.75) is 31.3 Å². The molecule has 0 spiro atoms. The van der Waals surface area contributed by atoms with Crippen LogP contribution in [0.15, 0.2) is 35.6 Å². The van der Waals surface area contributed by atoms with Gasteiger partial charge in [-0.2, -0.15) is 0 Å². The number of carboxylic acid groups (broad SMARTS) is 1. The Morgan fingerprint density at radius 2 is 2.10 bits per heavy atom. The summed E-state index contributed by atoms with van der Waals surface area (Å²) in [6.45, 7) is 0.429. The van der Waals surface area contributed by atoms with Crippen LogP contribution in [0.1, 0.15) is 18.4 Å². The number of nitrogens with one attached hydrogen (secondary N) is 1. The van der Waals surface area contributed by atoms with Gasteiger partial charge in [-0.3, -0.25) is 4.79 Å². The van der Waals surface area contributed by atoms with Crippen LogP contribution in [0.4, 0.5) is 0 Å². The number of carboxylic acids is 1. The highest BCUT2D eigenvalue weighted by Crippen LogP contribution is 2.17. The highest BCUT2D eigenvalue weighted by molar-refractivity contribution is 5.87. The number of nitrogens with zero attached hydrogens (tertiary/aromatic N) is 2. The van der Waals surface area contributed by atoms with E-state index in [2.05, 4.69) is 10.6 Å². The van der Waals surface area contributed by atoms with Crippen molar-refractivity contribution in [3.05, 3.63) is 40.8 Å². The minimum atomic E-state index is -1.10. The number of hydrogen-bond donors (Lipinski definition) is 2. The van der Waals surface area contributed by atoms with Crippen molar-refractivity contribution in [2.24, 2.45) is 5.29 Å². The number of nitroso groups, excluding NO2 is 1. The molecule has 0 saturated carbocycles. The van der Waals surface area contributed by atoms with Crippen molar-refractivity contribution in [3.8, 4) is 0 Å². The van der Waals surface area contributed by atoms with Gasteiger partial charge in [-0.05, 0) is 18.4 Å². The lowest BCUT2D eigenvalue weighted by Gasteiger charge is -2.20. The maximum absolute atomic E-state index is 12.1. The Bertz CT molecular complexity index is 520. The van der Waals surface area contributed by atoms with Crippen molar-refractivity contribution in [1.29, 1.82) is 0 Å². The van der Waals surface area contributed by atoms with E-state index < -0.39 is 24.0 Å². The molecule has 1 aromatic carbocycles. The molecular weight excluding hydrogens is 274 g/mol. The molecule has 7 heteroatoms. The van der Waals surface area contributed by atoms with Crippen LogP contribution in [0.25, 0.3) is 0 Å². The van der Waals surface area contributed by atoms with E-state index in [9.17, 15) is 19.6 Å². The third kappa shape index (κ3) is 3.77. The molecule has 0 aromatic heterocycles. The summed E-state index contributed by atoms with van der Waals surface area (Å²) in [5, 5.41) is 15.7. The summed E-state index contributed by atoms with van der Waals surface area (Å²) in [6, 6.07) is 7.38. The summed E-state index contributed by atoms with van der Waals surface area (Å²) in [4.78, 5) is 34.0. The number of benzene rings is 1. The van der Waals surface area contributed by atoms with Crippen LogP contribution < -0.4 is 5.32 Å². The van der Waals surface area contributed by atoms with Crippen molar-refractivity contribution in [3.63, 3.8) is 0 Å². The zero-order valence-electron chi connectivity index (χ0n) is 11.4. The lowest BCUT2D eigenvalue weighted by molar-refractivity contribution is -0.142. The Morgan fingerprint density at radius 3 is 2.71 bits per heavy atom. The van der Waals surface area contributed by atoms with E-state index >= 15 is 0 Å². The second kappa shape index (κ2) is 6.83. The Hall–Kier alpha value is -2.44. The quantitative estimate of drug-likeness (QED) is 0.760. The maximum atomic E-state index is 12.1. The van der Waals surface area contributed by atoms with E-state index in [1.165, 1.54) is 0 Å². The first kappa shape index (κ1) is 15.0. The molecule has 0 aliphatic carbocycles. The molecule has 0 radical (unpaired) electrons. The molecule has 0 unspecified atom stereocenters. The fraction of sp³-hybridized carbons (Fsp3) is 0.429. The summed E-state index contributed by atoms with van der Waals surface area (Å²) < 4.78 is 0. The Labute approximate surface area is 121 Å². The minimum absolute atomic E-state index is 0.198. The molecule has 1 aliphatic heterocycles. The summed E-state index contributed by atoms with van der Waals surface area (Å²) in [7, 11) is 0. The molecule has 21 heavy (non-hydrogen) atoms. The van der Waals surface area contributed by atoms with Crippen molar-refractivity contribution < 1.29 is 14.7 Å². The Kier molecular flexibility index (Phi) is 4.86. The molecule has 1 saturated heterocycles. The lowest BCUT2D eigenvalue weighted by atomic mass is 10.1. The second-order valence-electron chi connectivity index (χ2n) is 4.99. The fourth-order valence-corrected chi connectivity index (χ4v) is 2.43. The van der Waals surface area contributed by atoms with Crippen LogP contribution in [0.3, 0.4) is 0 Å². The van der Waals surface area contributed by atoms with Gasteiger partial charge >= 0.3 is 5.97 Å². The number of hydrogen-bond acceptors (Lipinski definition) is 4. The van der Waals surface area contributed by atoms with Crippen molar-refractivity contribution >= 4 is 11.9 Å². The third-order valence-corrected chi connectivity index (χ3v) is 3.53. The SMILES string of the molecule is O=NN1CCC[C@H]1C(=O)N[C@@H](Cc1ccccc1)C(=O)O. The molecule has 0 bridgehead atoms. The summed E-state index contributed by atoms with van der Waals surface area (Å²) in [6.07, 6.45) is 1.40. The van der Waals surface area contributed by atoms with Gasteiger partial charge in [-0.25, -0.2) is 9.80 Å². The smallest absolute Gasteiger partial charge is 0.326 e. The average molecular weight is 291 g/mol. The highest BCUT2D eigenvalue weighted by Gasteiger charge is 2.33. The van der Waals surface area contributed by atoms with Crippen molar-refractivity contribution in [2.75, 3.05) is 6.54 Å². The van der Waals surface area contributed by atoms with Crippen LogP contribution >= 0.6 is 0 Å². The second-order valence-corrected chi connectivity index (χ2v) is 4.99. The molecule has 1 heterocycles. The van der Waals surface area contributed by atoms with Gasteiger partial charge in [-0.1, -0.05) is 30.3 Å². The number of amides is 1. The van der Waals surface area contributed by atoms with Gasteiger partial charge in [0.1, 0.15) is 12.1 Å². The maximum Gasteiger partial charge on any atom is 0.326 e. The van der Waals surface area contributed by atoms with E-state index in [4.69, 9.17) is 0 Å². The van der Waals surface area contributed by atoms with Crippen LogP contribution in [-0.4, -0.2) is 40.6 Å². The first-order valence-corrected chi connectivity index (χ1v) is 6.79. The largest absolute Gasteiger partial charge is 0.480 e. The van der Waals surface area contributed by atoms with Crippen LogP contribution in [0.5, 0.6) is 0 Å². The minimum Gasteiger partial charge on any atom is -0.480 e.